The van der Waals surface area contributed by atoms with Gasteiger partial charge in [-0.1, -0.05) is 42.5 Å². The number of nitrogens with one attached hydrogen (secondary N) is 1. The van der Waals surface area contributed by atoms with Crippen molar-refractivity contribution >= 4 is 17.7 Å². The van der Waals surface area contributed by atoms with Crippen LogP contribution in [0.1, 0.15) is 17.5 Å². The molecule has 3 rings (SSSR count). The first kappa shape index (κ1) is 19.2. The minimum Gasteiger partial charge on any atom is -0.369 e. The molecule has 2 aromatic rings. The van der Waals surface area contributed by atoms with E-state index in [4.69, 9.17) is 0 Å². The Morgan fingerprint density at radius 1 is 1.04 bits per heavy atom. The molecule has 0 aromatic heterocycles. The van der Waals surface area contributed by atoms with Gasteiger partial charge in [0.2, 0.25) is 5.91 Å². The van der Waals surface area contributed by atoms with Crippen molar-refractivity contribution in [2.45, 2.75) is 13.3 Å². The van der Waals surface area contributed by atoms with Gasteiger partial charge in [-0.3, -0.25) is 9.69 Å². The van der Waals surface area contributed by atoms with Crippen LogP contribution < -0.4 is 10.2 Å². The molecule has 1 aliphatic rings. The molecule has 2 aromatic carbocycles. The number of benzene rings is 2. The van der Waals surface area contributed by atoms with Crippen LogP contribution in [0.25, 0.3) is 6.08 Å². The summed E-state index contributed by atoms with van der Waals surface area (Å²) in [5, 5.41) is 2.97. The van der Waals surface area contributed by atoms with E-state index in [-0.39, 0.29) is 5.91 Å². The van der Waals surface area contributed by atoms with Crippen LogP contribution in [-0.2, 0) is 4.79 Å². The molecule has 0 saturated carbocycles. The number of nitrogens with zero attached hydrogens (tertiary/aromatic N) is 2. The highest BCUT2D eigenvalue weighted by Gasteiger charge is 2.16. The van der Waals surface area contributed by atoms with Crippen LogP contribution in [0.2, 0.25) is 0 Å². The van der Waals surface area contributed by atoms with Gasteiger partial charge in [0, 0.05) is 44.5 Å². The Balaban J connectivity index is 1.31. The zero-order chi connectivity index (χ0) is 18.9. The highest BCUT2D eigenvalue weighted by molar-refractivity contribution is 5.91. The Kier molecular flexibility index (Phi) is 7.05. The maximum absolute atomic E-state index is 11.9. The van der Waals surface area contributed by atoms with E-state index in [0.29, 0.717) is 0 Å². The molecule has 27 heavy (non-hydrogen) atoms. The highest BCUT2D eigenvalue weighted by atomic mass is 16.1. The van der Waals surface area contributed by atoms with Gasteiger partial charge < -0.3 is 10.2 Å². The van der Waals surface area contributed by atoms with Crippen LogP contribution in [0.3, 0.4) is 0 Å². The molecule has 0 unspecified atom stereocenters. The lowest BCUT2D eigenvalue weighted by molar-refractivity contribution is -0.116. The third-order valence-electron chi connectivity index (χ3n) is 4.92. The van der Waals surface area contributed by atoms with Gasteiger partial charge in [0.25, 0.3) is 0 Å². The average Bonchev–Trinajstić information content (AvgIpc) is 2.71. The molecule has 0 atom stereocenters. The first-order chi connectivity index (χ1) is 13.2. The lowest BCUT2D eigenvalue weighted by atomic mass is 10.2. The van der Waals surface area contributed by atoms with Gasteiger partial charge in [-0.25, -0.2) is 0 Å². The molecule has 0 radical (unpaired) electrons. The van der Waals surface area contributed by atoms with Crippen molar-refractivity contribution in [1.82, 2.24) is 10.2 Å². The van der Waals surface area contributed by atoms with E-state index in [1.165, 1.54) is 11.3 Å². The SMILES string of the molecule is Cc1cccc(N2CCN(CCCNC(=O)C=Cc3ccccc3)CC2)c1. The Bertz CT molecular complexity index is 749. The summed E-state index contributed by atoms with van der Waals surface area (Å²) >= 11 is 0. The second-order valence-electron chi connectivity index (χ2n) is 7.06. The molecular formula is C23H29N3O. The topological polar surface area (TPSA) is 35.6 Å². The summed E-state index contributed by atoms with van der Waals surface area (Å²) in [5.74, 6) is -0.0249. The zero-order valence-electron chi connectivity index (χ0n) is 16.1. The van der Waals surface area contributed by atoms with Crippen molar-refractivity contribution in [3.8, 4) is 0 Å². The minimum absolute atomic E-state index is 0.0249. The van der Waals surface area contributed by atoms with Crippen LogP contribution in [-0.4, -0.2) is 50.1 Å². The third kappa shape index (κ3) is 6.26. The zero-order valence-corrected chi connectivity index (χ0v) is 16.1. The fourth-order valence-corrected chi connectivity index (χ4v) is 3.36. The highest BCUT2D eigenvalue weighted by Crippen LogP contribution is 2.17. The summed E-state index contributed by atoms with van der Waals surface area (Å²) in [6.45, 7) is 8.18. The number of piperazine rings is 1. The first-order valence-electron chi connectivity index (χ1n) is 9.76. The second kappa shape index (κ2) is 9.93. The molecule has 142 valence electrons. The molecule has 1 heterocycles. The van der Waals surface area contributed by atoms with E-state index in [1.54, 1.807) is 6.08 Å². The normalized spacial score (nSPS) is 15.2. The summed E-state index contributed by atoms with van der Waals surface area (Å²) in [6.07, 6.45) is 4.44. The number of aryl methyl sites for hydroxylation is 1. The minimum atomic E-state index is -0.0249. The quantitative estimate of drug-likeness (QED) is 0.605. The monoisotopic (exact) mass is 363 g/mol. The fraction of sp³-hybridized carbons (Fsp3) is 0.348. The summed E-state index contributed by atoms with van der Waals surface area (Å²) in [6, 6.07) is 18.6. The molecule has 1 fully saturated rings. The standard InChI is InChI=1S/C23H29N3O/c1-20-7-5-10-22(19-20)26-17-15-25(16-18-26)14-6-13-24-23(27)12-11-21-8-3-2-4-9-21/h2-5,7-12,19H,6,13-18H2,1H3,(H,24,27). The lowest BCUT2D eigenvalue weighted by Crippen LogP contribution is -2.47. The van der Waals surface area contributed by atoms with Gasteiger partial charge in [-0.2, -0.15) is 0 Å². The molecule has 4 heteroatoms. The second-order valence-corrected chi connectivity index (χ2v) is 7.06. The van der Waals surface area contributed by atoms with Gasteiger partial charge >= 0.3 is 0 Å². The van der Waals surface area contributed by atoms with Crippen LogP contribution in [0.5, 0.6) is 0 Å². The molecular weight excluding hydrogens is 334 g/mol. The van der Waals surface area contributed by atoms with Gasteiger partial charge in [0.1, 0.15) is 0 Å². The number of carbonyl (C=O) groups is 1. The Morgan fingerprint density at radius 2 is 1.81 bits per heavy atom. The van der Waals surface area contributed by atoms with Crippen LogP contribution in [0.15, 0.2) is 60.7 Å². The lowest BCUT2D eigenvalue weighted by Gasteiger charge is -2.36. The van der Waals surface area contributed by atoms with Crippen molar-refractivity contribution < 1.29 is 4.79 Å². The van der Waals surface area contributed by atoms with Gasteiger partial charge in [-0.15, -0.1) is 0 Å². The molecule has 1 N–H and O–H groups in total. The molecule has 1 saturated heterocycles. The molecule has 0 aliphatic carbocycles. The Morgan fingerprint density at radius 3 is 2.56 bits per heavy atom. The fourth-order valence-electron chi connectivity index (χ4n) is 3.36. The Hall–Kier alpha value is -2.59. The van der Waals surface area contributed by atoms with Crippen molar-refractivity contribution in [2.24, 2.45) is 0 Å². The van der Waals surface area contributed by atoms with E-state index < -0.39 is 0 Å². The number of rotatable bonds is 7. The number of anilines is 1. The van der Waals surface area contributed by atoms with Crippen LogP contribution in [0, 0.1) is 6.92 Å². The first-order valence-corrected chi connectivity index (χ1v) is 9.76. The molecule has 4 nitrogen and oxygen atoms in total. The summed E-state index contributed by atoms with van der Waals surface area (Å²) in [5.41, 5.74) is 3.68. The Labute approximate surface area is 162 Å². The summed E-state index contributed by atoms with van der Waals surface area (Å²) < 4.78 is 0. The van der Waals surface area contributed by atoms with Crippen molar-refractivity contribution in [1.29, 1.82) is 0 Å². The molecule has 1 amide bonds. The molecule has 0 spiro atoms. The predicted octanol–water partition coefficient (Wildman–Crippen LogP) is 3.34. The van der Waals surface area contributed by atoms with Gasteiger partial charge in [0.15, 0.2) is 0 Å². The van der Waals surface area contributed by atoms with Crippen molar-refractivity contribution in [2.75, 3.05) is 44.2 Å². The van der Waals surface area contributed by atoms with E-state index in [0.717, 1.165) is 51.3 Å². The third-order valence-corrected chi connectivity index (χ3v) is 4.92. The van der Waals surface area contributed by atoms with E-state index in [2.05, 4.69) is 46.3 Å². The number of hydrogen-bond donors (Lipinski definition) is 1. The van der Waals surface area contributed by atoms with E-state index >= 15 is 0 Å². The maximum atomic E-state index is 11.9. The number of amides is 1. The smallest absolute Gasteiger partial charge is 0.243 e. The van der Waals surface area contributed by atoms with Gasteiger partial charge in [0.05, 0.1) is 0 Å². The largest absolute Gasteiger partial charge is 0.369 e. The maximum Gasteiger partial charge on any atom is 0.243 e. The van der Waals surface area contributed by atoms with E-state index in [1.807, 2.05) is 36.4 Å². The summed E-state index contributed by atoms with van der Waals surface area (Å²) in [7, 11) is 0. The van der Waals surface area contributed by atoms with E-state index in [9.17, 15) is 4.79 Å². The molecule has 0 bridgehead atoms. The number of carbonyl (C=O) groups excluding carboxylic acids is 1. The predicted molar refractivity (Wildman–Crippen MR) is 113 cm³/mol. The van der Waals surface area contributed by atoms with Crippen LogP contribution in [0.4, 0.5) is 5.69 Å². The van der Waals surface area contributed by atoms with Gasteiger partial charge in [-0.05, 0) is 49.2 Å². The van der Waals surface area contributed by atoms with Crippen molar-refractivity contribution in [3.63, 3.8) is 0 Å². The van der Waals surface area contributed by atoms with Crippen molar-refractivity contribution in [3.05, 3.63) is 71.8 Å². The average molecular weight is 364 g/mol. The number of hydrogen-bond acceptors (Lipinski definition) is 3. The van der Waals surface area contributed by atoms with Crippen LogP contribution >= 0.6 is 0 Å². The summed E-state index contributed by atoms with van der Waals surface area (Å²) in [4.78, 5) is 16.8. The molecule has 1 aliphatic heterocycles.